The van der Waals surface area contributed by atoms with Crippen LogP contribution in [0.15, 0.2) is 35.2 Å². The third-order valence-electron chi connectivity index (χ3n) is 4.01. The number of hydrogen-bond acceptors (Lipinski definition) is 5. The Morgan fingerprint density at radius 3 is 2.50 bits per heavy atom. The molecule has 2 unspecified atom stereocenters. The zero-order valence-electron chi connectivity index (χ0n) is 13.5. The first kappa shape index (κ1) is 18.4. The molecular formula is C15H20N2O6S. The number of carboxylic acid groups (broad SMARTS) is 1. The molecule has 2 rings (SSSR count). The quantitative estimate of drug-likeness (QED) is 0.770. The lowest BCUT2D eigenvalue weighted by Crippen LogP contribution is -2.46. The summed E-state index contributed by atoms with van der Waals surface area (Å²) in [6.07, 6.45) is -0.182. The summed E-state index contributed by atoms with van der Waals surface area (Å²) in [5.74, 6) is -1.69. The molecule has 0 bridgehead atoms. The minimum absolute atomic E-state index is 0.0753. The van der Waals surface area contributed by atoms with Gasteiger partial charge in [-0.25, -0.2) is 13.2 Å². The maximum absolute atomic E-state index is 12.4. The van der Waals surface area contributed by atoms with Crippen LogP contribution in [0.5, 0.6) is 0 Å². The Kier molecular flexibility index (Phi) is 5.58. The van der Waals surface area contributed by atoms with Crippen LogP contribution in [-0.2, 0) is 24.3 Å². The van der Waals surface area contributed by atoms with Gasteiger partial charge in [0.15, 0.2) is 0 Å². The zero-order valence-corrected chi connectivity index (χ0v) is 14.3. The Balaban J connectivity index is 2.12. The average molecular weight is 356 g/mol. The number of likely N-dealkylation sites (N-methyl/N-ethyl adjacent to an activating group) is 1. The number of sulfonamides is 1. The van der Waals surface area contributed by atoms with Crippen molar-refractivity contribution in [1.29, 1.82) is 0 Å². The normalized spacial score (nSPS) is 21.2. The number of carbonyl (C=O) groups is 2. The van der Waals surface area contributed by atoms with Gasteiger partial charge in [0.1, 0.15) is 6.04 Å². The lowest BCUT2D eigenvalue weighted by atomic mass is 10.2. The Morgan fingerprint density at radius 1 is 1.33 bits per heavy atom. The number of methoxy groups -OCH3 is 1. The second-order valence-corrected chi connectivity index (χ2v) is 7.61. The summed E-state index contributed by atoms with van der Waals surface area (Å²) in [6.45, 7) is -0.303. The standard InChI is InChI=1S/C15H20N2O6S/c1-16(24(21,22)12-6-4-3-5-7-12)10-14(18)17-9-11(23-2)8-13(17)15(19)20/h3-7,11,13H,8-10H2,1-2H3,(H,19,20). The predicted molar refractivity (Wildman–Crippen MR) is 84.8 cm³/mol. The van der Waals surface area contributed by atoms with Crippen molar-refractivity contribution < 1.29 is 27.9 Å². The molecule has 9 heteroatoms. The first-order chi connectivity index (χ1) is 11.3. The molecule has 1 aromatic rings. The number of ether oxygens (including phenoxy) is 1. The molecule has 0 saturated carbocycles. The Morgan fingerprint density at radius 2 is 1.96 bits per heavy atom. The molecule has 1 heterocycles. The van der Waals surface area contributed by atoms with Crippen molar-refractivity contribution in [3.8, 4) is 0 Å². The largest absolute Gasteiger partial charge is 0.480 e. The number of nitrogens with zero attached hydrogens (tertiary/aromatic N) is 2. The number of aliphatic carboxylic acids is 1. The van der Waals surface area contributed by atoms with Crippen molar-refractivity contribution >= 4 is 21.9 Å². The summed E-state index contributed by atoms with van der Waals surface area (Å²) < 4.78 is 30.9. The molecule has 1 aliphatic heterocycles. The smallest absolute Gasteiger partial charge is 0.326 e. The SMILES string of the molecule is COC1CC(C(=O)O)N(C(=O)CN(C)S(=O)(=O)c2ccccc2)C1. The van der Waals surface area contributed by atoms with Gasteiger partial charge in [-0.1, -0.05) is 18.2 Å². The predicted octanol–water partition coefficient (Wildman–Crippen LogP) is 0.00760. The fourth-order valence-corrected chi connectivity index (χ4v) is 3.76. The highest BCUT2D eigenvalue weighted by atomic mass is 32.2. The second-order valence-electron chi connectivity index (χ2n) is 5.57. The Hall–Kier alpha value is -1.97. The molecule has 1 aliphatic rings. The van der Waals surface area contributed by atoms with E-state index >= 15 is 0 Å². The number of carbonyl (C=O) groups excluding carboxylic acids is 1. The third-order valence-corrected chi connectivity index (χ3v) is 5.83. The number of likely N-dealkylation sites (tertiary alicyclic amines) is 1. The van der Waals surface area contributed by atoms with Gasteiger partial charge in [0.2, 0.25) is 15.9 Å². The molecule has 1 N–H and O–H groups in total. The molecule has 2 atom stereocenters. The van der Waals surface area contributed by atoms with E-state index in [0.717, 1.165) is 9.21 Å². The monoisotopic (exact) mass is 356 g/mol. The lowest BCUT2D eigenvalue weighted by molar-refractivity contribution is -0.148. The summed E-state index contributed by atoms with van der Waals surface area (Å²) >= 11 is 0. The van der Waals surface area contributed by atoms with E-state index in [1.54, 1.807) is 18.2 Å². The molecule has 1 aromatic carbocycles. The number of benzene rings is 1. The van der Waals surface area contributed by atoms with Crippen LogP contribution in [0.3, 0.4) is 0 Å². The fraction of sp³-hybridized carbons (Fsp3) is 0.467. The first-order valence-electron chi connectivity index (χ1n) is 7.33. The number of amides is 1. The molecular weight excluding hydrogens is 336 g/mol. The van der Waals surface area contributed by atoms with Crippen LogP contribution >= 0.6 is 0 Å². The Labute approximate surface area is 140 Å². The highest BCUT2D eigenvalue weighted by Gasteiger charge is 2.40. The van der Waals surface area contributed by atoms with E-state index in [-0.39, 0.29) is 24.0 Å². The van der Waals surface area contributed by atoms with Gasteiger partial charge in [-0.3, -0.25) is 4.79 Å². The average Bonchev–Trinajstić information content (AvgIpc) is 3.00. The summed E-state index contributed by atoms with van der Waals surface area (Å²) in [6, 6.07) is 6.74. The topological polar surface area (TPSA) is 104 Å². The van der Waals surface area contributed by atoms with E-state index < -0.39 is 34.5 Å². The van der Waals surface area contributed by atoms with Gasteiger partial charge in [-0.05, 0) is 12.1 Å². The number of rotatable bonds is 6. The van der Waals surface area contributed by atoms with Gasteiger partial charge in [0.25, 0.3) is 0 Å². The zero-order chi connectivity index (χ0) is 17.9. The number of hydrogen-bond donors (Lipinski definition) is 1. The molecule has 132 valence electrons. The van der Waals surface area contributed by atoms with Crippen LogP contribution in [0.2, 0.25) is 0 Å². The van der Waals surface area contributed by atoms with Gasteiger partial charge in [0.05, 0.1) is 17.5 Å². The van der Waals surface area contributed by atoms with Crippen LogP contribution in [-0.4, -0.2) is 74.0 Å². The minimum atomic E-state index is -3.81. The van der Waals surface area contributed by atoms with E-state index in [0.29, 0.717) is 0 Å². The molecule has 1 amide bonds. The fourth-order valence-electron chi connectivity index (χ4n) is 2.62. The Bertz CT molecular complexity index is 706. The molecule has 1 saturated heterocycles. The van der Waals surface area contributed by atoms with Gasteiger partial charge in [0, 0.05) is 27.1 Å². The number of carboxylic acids is 1. The second kappa shape index (κ2) is 7.29. The summed E-state index contributed by atoms with van der Waals surface area (Å²) in [5.41, 5.74) is 0. The minimum Gasteiger partial charge on any atom is -0.480 e. The van der Waals surface area contributed by atoms with Crippen LogP contribution in [0, 0.1) is 0 Å². The van der Waals surface area contributed by atoms with Crippen LogP contribution < -0.4 is 0 Å². The highest BCUT2D eigenvalue weighted by Crippen LogP contribution is 2.21. The van der Waals surface area contributed by atoms with E-state index in [2.05, 4.69) is 0 Å². The van der Waals surface area contributed by atoms with Crippen LogP contribution in [0.25, 0.3) is 0 Å². The van der Waals surface area contributed by atoms with Crippen molar-refractivity contribution in [3.05, 3.63) is 30.3 Å². The lowest BCUT2D eigenvalue weighted by Gasteiger charge is -2.24. The van der Waals surface area contributed by atoms with Gasteiger partial charge in [-0.15, -0.1) is 0 Å². The van der Waals surface area contributed by atoms with Gasteiger partial charge >= 0.3 is 5.97 Å². The molecule has 24 heavy (non-hydrogen) atoms. The van der Waals surface area contributed by atoms with E-state index in [9.17, 15) is 23.1 Å². The van der Waals surface area contributed by atoms with Crippen molar-refractivity contribution in [2.45, 2.75) is 23.5 Å². The maximum Gasteiger partial charge on any atom is 0.326 e. The van der Waals surface area contributed by atoms with Crippen molar-refractivity contribution in [1.82, 2.24) is 9.21 Å². The van der Waals surface area contributed by atoms with Crippen LogP contribution in [0.4, 0.5) is 0 Å². The van der Waals surface area contributed by atoms with E-state index in [4.69, 9.17) is 4.74 Å². The molecule has 0 aliphatic carbocycles. The molecule has 0 aromatic heterocycles. The van der Waals surface area contributed by atoms with Gasteiger partial charge in [-0.2, -0.15) is 4.31 Å². The first-order valence-corrected chi connectivity index (χ1v) is 8.78. The summed E-state index contributed by atoms with van der Waals surface area (Å²) in [7, 11) is -1.07. The molecule has 0 spiro atoms. The van der Waals surface area contributed by atoms with E-state index in [1.165, 1.54) is 26.3 Å². The molecule has 8 nitrogen and oxygen atoms in total. The summed E-state index contributed by atoms with van der Waals surface area (Å²) in [4.78, 5) is 24.9. The van der Waals surface area contributed by atoms with Crippen molar-refractivity contribution in [3.63, 3.8) is 0 Å². The van der Waals surface area contributed by atoms with Crippen LogP contribution in [0.1, 0.15) is 6.42 Å². The third kappa shape index (κ3) is 3.74. The maximum atomic E-state index is 12.4. The van der Waals surface area contributed by atoms with Crippen molar-refractivity contribution in [2.24, 2.45) is 0 Å². The van der Waals surface area contributed by atoms with Gasteiger partial charge < -0.3 is 14.7 Å². The molecule has 0 radical (unpaired) electrons. The molecule has 1 fully saturated rings. The highest BCUT2D eigenvalue weighted by molar-refractivity contribution is 7.89. The van der Waals surface area contributed by atoms with Crippen molar-refractivity contribution in [2.75, 3.05) is 27.2 Å². The summed E-state index contributed by atoms with van der Waals surface area (Å²) in [5, 5.41) is 9.24. The van der Waals surface area contributed by atoms with E-state index in [1.807, 2.05) is 0 Å².